The molecule has 0 atom stereocenters. The van der Waals surface area contributed by atoms with Crippen LogP contribution in [-0.4, -0.2) is 34.2 Å². The molecule has 0 bridgehead atoms. The second kappa shape index (κ2) is 9.42. The Morgan fingerprint density at radius 2 is 1.62 bits per heavy atom. The minimum absolute atomic E-state index is 0.0304. The summed E-state index contributed by atoms with van der Waals surface area (Å²) in [6.07, 6.45) is 2.03. The Morgan fingerprint density at radius 3 is 2.26 bits per heavy atom. The monoisotopic (exact) mass is 488 g/mol. The summed E-state index contributed by atoms with van der Waals surface area (Å²) in [6.45, 7) is -3.17. The standard InChI is InChI=1S/C25H22F2O6S/c1-31-22-13-11-20(17-4-3-5-19-18(17)10-12-21(19)28)23(24(22)33-25(26)27)32-14-15-6-8-16(9-7-15)34(2,29)30/h3-9,11,13,25H,10,12,14H2,1-2H3. The van der Waals surface area contributed by atoms with Gasteiger partial charge in [-0.05, 0) is 47.4 Å². The van der Waals surface area contributed by atoms with E-state index in [4.69, 9.17) is 14.2 Å². The topological polar surface area (TPSA) is 78.9 Å². The first kappa shape index (κ1) is 23.7. The third-order valence-corrected chi connectivity index (χ3v) is 6.73. The van der Waals surface area contributed by atoms with Gasteiger partial charge in [-0.1, -0.05) is 30.3 Å². The first-order chi connectivity index (χ1) is 16.2. The summed E-state index contributed by atoms with van der Waals surface area (Å²) in [7, 11) is -2.02. The van der Waals surface area contributed by atoms with Crippen molar-refractivity contribution in [1.82, 2.24) is 0 Å². The molecule has 0 unspecified atom stereocenters. The van der Waals surface area contributed by atoms with Crippen LogP contribution in [0, 0.1) is 0 Å². The zero-order chi connectivity index (χ0) is 24.5. The number of carbonyl (C=O) groups excluding carboxylic acids is 1. The number of benzene rings is 3. The third kappa shape index (κ3) is 4.75. The Bertz CT molecular complexity index is 1330. The summed E-state index contributed by atoms with van der Waals surface area (Å²) in [5.41, 5.74) is 3.22. The van der Waals surface area contributed by atoms with Crippen molar-refractivity contribution in [3.63, 3.8) is 0 Å². The number of ketones is 1. The minimum Gasteiger partial charge on any atom is -0.493 e. The van der Waals surface area contributed by atoms with Gasteiger partial charge in [0.2, 0.25) is 5.75 Å². The summed E-state index contributed by atoms with van der Waals surface area (Å²) < 4.78 is 66.0. The van der Waals surface area contributed by atoms with E-state index in [1.807, 2.05) is 0 Å². The highest BCUT2D eigenvalue weighted by Crippen LogP contribution is 2.47. The van der Waals surface area contributed by atoms with Crippen LogP contribution < -0.4 is 14.2 Å². The van der Waals surface area contributed by atoms with E-state index < -0.39 is 16.4 Å². The number of methoxy groups -OCH3 is 1. The molecule has 0 aromatic heterocycles. The van der Waals surface area contributed by atoms with E-state index in [0.29, 0.717) is 35.1 Å². The number of Topliss-reactive ketones (excluding diaryl/α,β-unsaturated/α-hetero) is 1. The lowest BCUT2D eigenvalue weighted by Gasteiger charge is -2.20. The van der Waals surface area contributed by atoms with Crippen LogP contribution >= 0.6 is 0 Å². The second-order valence-electron chi connectivity index (χ2n) is 7.81. The molecule has 0 radical (unpaired) electrons. The zero-order valence-corrected chi connectivity index (χ0v) is 19.3. The Hall–Kier alpha value is -3.46. The fraction of sp³-hybridized carbons (Fsp3) is 0.240. The molecule has 0 saturated carbocycles. The molecular weight excluding hydrogens is 466 g/mol. The lowest BCUT2D eigenvalue weighted by atomic mass is 9.95. The highest BCUT2D eigenvalue weighted by atomic mass is 32.2. The number of ether oxygens (including phenoxy) is 3. The van der Waals surface area contributed by atoms with Crippen LogP contribution in [0.1, 0.15) is 27.9 Å². The smallest absolute Gasteiger partial charge is 0.387 e. The lowest BCUT2D eigenvalue weighted by molar-refractivity contribution is -0.0529. The molecule has 0 amide bonds. The summed E-state index contributed by atoms with van der Waals surface area (Å²) in [6, 6.07) is 14.6. The lowest BCUT2D eigenvalue weighted by Crippen LogP contribution is -2.08. The Kier molecular flexibility index (Phi) is 6.56. The van der Waals surface area contributed by atoms with Crippen molar-refractivity contribution in [2.75, 3.05) is 13.4 Å². The Morgan fingerprint density at radius 1 is 0.912 bits per heavy atom. The van der Waals surface area contributed by atoms with Crippen LogP contribution in [0.3, 0.4) is 0 Å². The van der Waals surface area contributed by atoms with Gasteiger partial charge < -0.3 is 14.2 Å². The van der Waals surface area contributed by atoms with Crippen LogP contribution in [0.5, 0.6) is 17.2 Å². The molecular formula is C25H22F2O6S. The van der Waals surface area contributed by atoms with Crippen molar-refractivity contribution in [2.45, 2.75) is 31.0 Å². The van der Waals surface area contributed by atoms with Gasteiger partial charge in [0.1, 0.15) is 6.61 Å². The van der Waals surface area contributed by atoms with Crippen molar-refractivity contribution < 1.29 is 36.2 Å². The van der Waals surface area contributed by atoms with Crippen LogP contribution in [-0.2, 0) is 22.9 Å². The van der Waals surface area contributed by atoms with Gasteiger partial charge in [0.15, 0.2) is 27.1 Å². The van der Waals surface area contributed by atoms with E-state index in [0.717, 1.165) is 11.8 Å². The quantitative estimate of drug-likeness (QED) is 0.440. The van der Waals surface area contributed by atoms with Crippen molar-refractivity contribution >= 4 is 15.6 Å². The molecule has 0 N–H and O–H groups in total. The summed E-state index contributed by atoms with van der Waals surface area (Å²) in [5, 5.41) is 0. The van der Waals surface area contributed by atoms with Gasteiger partial charge in [0.25, 0.3) is 0 Å². The summed E-state index contributed by atoms with van der Waals surface area (Å²) in [4.78, 5) is 12.4. The van der Waals surface area contributed by atoms with Crippen molar-refractivity contribution in [3.05, 3.63) is 71.3 Å². The van der Waals surface area contributed by atoms with Gasteiger partial charge in [-0.25, -0.2) is 8.42 Å². The summed E-state index contributed by atoms with van der Waals surface area (Å²) >= 11 is 0. The van der Waals surface area contributed by atoms with Gasteiger partial charge in [0.05, 0.1) is 12.0 Å². The molecule has 178 valence electrons. The van der Waals surface area contributed by atoms with E-state index in [2.05, 4.69) is 0 Å². The van der Waals surface area contributed by atoms with Crippen LogP contribution in [0.4, 0.5) is 8.78 Å². The van der Waals surface area contributed by atoms with Gasteiger partial charge >= 0.3 is 6.61 Å². The number of sulfone groups is 1. The molecule has 6 nitrogen and oxygen atoms in total. The summed E-state index contributed by atoms with van der Waals surface area (Å²) in [5.74, 6) is -0.123. The predicted molar refractivity (Wildman–Crippen MR) is 122 cm³/mol. The minimum atomic E-state index is -3.36. The molecule has 3 aromatic carbocycles. The fourth-order valence-electron chi connectivity index (χ4n) is 3.99. The number of carbonyl (C=O) groups is 1. The van der Waals surface area contributed by atoms with Crippen molar-refractivity contribution in [1.29, 1.82) is 0 Å². The number of fused-ring (bicyclic) bond motifs is 1. The average molecular weight is 489 g/mol. The van der Waals surface area contributed by atoms with Crippen LogP contribution in [0.2, 0.25) is 0 Å². The molecule has 9 heteroatoms. The molecule has 4 rings (SSSR count). The van der Waals surface area contributed by atoms with Crippen molar-refractivity contribution in [3.8, 4) is 28.4 Å². The van der Waals surface area contributed by atoms with Gasteiger partial charge in [0, 0.05) is 23.8 Å². The molecule has 0 fully saturated rings. The van der Waals surface area contributed by atoms with Gasteiger partial charge in [-0.2, -0.15) is 8.78 Å². The number of rotatable bonds is 8. The first-order valence-electron chi connectivity index (χ1n) is 10.4. The van der Waals surface area contributed by atoms with E-state index >= 15 is 0 Å². The van der Waals surface area contributed by atoms with Crippen LogP contribution in [0.25, 0.3) is 11.1 Å². The van der Waals surface area contributed by atoms with E-state index in [1.165, 1.54) is 25.3 Å². The second-order valence-corrected chi connectivity index (χ2v) is 9.83. The molecule has 0 saturated heterocycles. The zero-order valence-electron chi connectivity index (χ0n) is 18.5. The molecule has 1 aliphatic carbocycles. The first-order valence-corrected chi connectivity index (χ1v) is 12.3. The van der Waals surface area contributed by atoms with Gasteiger partial charge in [-0.3, -0.25) is 4.79 Å². The largest absolute Gasteiger partial charge is 0.493 e. The molecule has 0 spiro atoms. The average Bonchev–Trinajstić information content (AvgIpc) is 3.18. The fourth-order valence-corrected chi connectivity index (χ4v) is 4.62. The molecule has 0 heterocycles. The maximum atomic E-state index is 13.3. The molecule has 3 aromatic rings. The maximum absolute atomic E-state index is 13.3. The van der Waals surface area contributed by atoms with E-state index in [9.17, 15) is 22.0 Å². The Balaban J connectivity index is 1.79. The van der Waals surface area contributed by atoms with Crippen molar-refractivity contribution in [2.24, 2.45) is 0 Å². The molecule has 34 heavy (non-hydrogen) atoms. The highest BCUT2D eigenvalue weighted by Gasteiger charge is 2.27. The predicted octanol–water partition coefficient (Wildman–Crippen LogP) is 5.08. The van der Waals surface area contributed by atoms with E-state index in [-0.39, 0.29) is 34.5 Å². The van der Waals surface area contributed by atoms with E-state index in [1.54, 1.807) is 36.4 Å². The number of hydrogen-bond acceptors (Lipinski definition) is 6. The number of hydrogen-bond donors (Lipinski definition) is 0. The normalized spacial score (nSPS) is 13.1. The SMILES string of the molecule is COc1ccc(-c2cccc3c2CCC3=O)c(OCc2ccc(S(C)(=O)=O)cc2)c1OC(F)F. The third-order valence-electron chi connectivity index (χ3n) is 5.61. The number of halogens is 2. The maximum Gasteiger partial charge on any atom is 0.387 e. The Labute approximate surface area is 196 Å². The molecule has 1 aliphatic rings. The van der Waals surface area contributed by atoms with Crippen LogP contribution in [0.15, 0.2) is 59.5 Å². The number of alkyl halides is 2. The molecule has 0 aliphatic heterocycles. The van der Waals surface area contributed by atoms with Gasteiger partial charge in [-0.15, -0.1) is 0 Å². The highest BCUT2D eigenvalue weighted by molar-refractivity contribution is 7.90.